The molecule has 2 aromatic rings. The van der Waals surface area contributed by atoms with Gasteiger partial charge in [0.05, 0.1) is 18.2 Å². The van der Waals surface area contributed by atoms with Gasteiger partial charge in [-0.25, -0.2) is 0 Å². The van der Waals surface area contributed by atoms with Crippen LogP contribution in [0.15, 0.2) is 47.5 Å². The van der Waals surface area contributed by atoms with Gasteiger partial charge in [-0.2, -0.15) is 5.26 Å². The molecule has 2 rings (SSSR count). The maximum Gasteiger partial charge on any atom is 0.0640 e. The van der Waals surface area contributed by atoms with Gasteiger partial charge >= 0.3 is 0 Å². The first-order chi connectivity index (χ1) is 10.7. The minimum atomic E-state index is 0.510. The van der Waals surface area contributed by atoms with E-state index in [1.54, 1.807) is 0 Å². The van der Waals surface area contributed by atoms with Crippen molar-refractivity contribution in [1.29, 1.82) is 5.26 Å². The van der Waals surface area contributed by atoms with E-state index in [-0.39, 0.29) is 0 Å². The minimum absolute atomic E-state index is 0.510. The molecular weight excluding hydrogens is 270 g/mol. The van der Waals surface area contributed by atoms with Crippen molar-refractivity contribution in [2.45, 2.75) is 26.7 Å². The second kappa shape index (κ2) is 7.99. The highest BCUT2D eigenvalue weighted by atomic mass is 14.9. The molecule has 22 heavy (non-hydrogen) atoms. The van der Waals surface area contributed by atoms with Crippen LogP contribution in [0.5, 0.6) is 0 Å². The molecule has 0 bridgehead atoms. The molecule has 0 unspecified atom stereocenters. The van der Waals surface area contributed by atoms with Gasteiger partial charge in [0.15, 0.2) is 0 Å². The van der Waals surface area contributed by atoms with E-state index in [9.17, 15) is 0 Å². The highest BCUT2D eigenvalue weighted by Gasteiger charge is 1.98. The van der Waals surface area contributed by atoms with Crippen LogP contribution in [0.1, 0.15) is 30.0 Å². The maximum absolute atomic E-state index is 8.56. The van der Waals surface area contributed by atoms with E-state index in [0.29, 0.717) is 13.0 Å². The summed E-state index contributed by atoms with van der Waals surface area (Å²) in [7, 11) is 0. The third kappa shape index (κ3) is 4.46. The Morgan fingerprint density at radius 3 is 2.59 bits per heavy atom. The molecule has 0 aliphatic rings. The number of hydrogen-bond donors (Lipinski definition) is 1. The maximum atomic E-state index is 8.56. The van der Waals surface area contributed by atoms with E-state index in [1.165, 1.54) is 5.56 Å². The van der Waals surface area contributed by atoms with Crippen molar-refractivity contribution in [2.24, 2.45) is 4.99 Å². The van der Waals surface area contributed by atoms with Crippen LogP contribution in [0.25, 0.3) is 0 Å². The van der Waals surface area contributed by atoms with Gasteiger partial charge in [-0.05, 0) is 54.3 Å². The highest BCUT2D eigenvalue weighted by molar-refractivity contribution is 5.83. The summed E-state index contributed by atoms with van der Waals surface area (Å²) in [6, 6.07) is 16.6. The first kappa shape index (κ1) is 15.8. The van der Waals surface area contributed by atoms with E-state index in [1.807, 2.05) is 30.5 Å². The summed E-state index contributed by atoms with van der Waals surface area (Å²) in [6.07, 6.45) is 3.44. The number of aliphatic imine (C=N–C) groups is 1. The standard InChI is InChI=1S/C19H21N3/c1-3-16-5-8-18(9-6-16)22-14-17-7-10-19(15(2)13-17)21-12-4-11-20/h5-10,13-14,21H,3-4,12H2,1-2H3. The molecule has 0 spiro atoms. The molecular formula is C19H21N3. The molecule has 0 aliphatic heterocycles. The Kier molecular flexibility index (Phi) is 5.73. The lowest BCUT2D eigenvalue weighted by Gasteiger charge is -2.08. The summed E-state index contributed by atoms with van der Waals surface area (Å²) >= 11 is 0. The van der Waals surface area contributed by atoms with Gasteiger partial charge in [0.2, 0.25) is 0 Å². The van der Waals surface area contributed by atoms with Crippen LogP contribution in [-0.4, -0.2) is 12.8 Å². The zero-order valence-corrected chi connectivity index (χ0v) is 13.1. The van der Waals surface area contributed by atoms with Gasteiger partial charge in [-0.1, -0.05) is 25.1 Å². The lowest BCUT2D eigenvalue weighted by molar-refractivity contribution is 1.07. The van der Waals surface area contributed by atoms with Gasteiger partial charge in [0.25, 0.3) is 0 Å². The summed E-state index contributed by atoms with van der Waals surface area (Å²) < 4.78 is 0. The molecule has 0 aromatic heterocycles. The molecule has 112 valence electrons. The molecule has 0 fully saturated rings. The quantitative estimate of drug-likeness (QED) is 0.623. The summed E-state index contributed by atoms with van der Waals surface area (Å²) in [6.45, 7) is 4.88. The van der Waals surface area contributed by atoms with Crippen molar-refractivity contribution in [2.75, 3.05) is 11.9 Å². The molecule has 2 aromatic carbocycles. The first-order valence-electron chi connectivity index (χ1n) is 7.57. The Balaban J connectivity index is 2.04. The SMILES string of the molecule is CCc1ccc(N=Cc2ccc(NCCC#N)c(C)c2)cc1. The predicted molar refractivity (Wildman–Crippen MR) is 93.0 cm³/mol. The summed E-state index contributed by atoms with van der Waals surface area (Å²) in [5.74, 6) is 0. The fourth-order valence-electron chi connectivity index (χ4n) is 2.19. The number of hydrogen-bond acceptors (Lipinski definition) is 3. The average Bonchev–Trinajstić information content (AvgIpc) is 2.55. The Morgan fingerprint density at radius 2 is 1.95 bits per heavy atom. The van der Waals surface area contributed by atoms with Gasteiger partial charge in [0.1, 0.15) is 0 Å². The molecule has 3 nitrogen and oxygen atoms in total. The fraction of sp³-hybridized carbons (Fsp3) is 0.263. The van der Waals surface area contributed by atoms with Gasteiger partial charge in [0, 0.05) is 18.4 Å². The predicted octanol–water partition coefficient (Wildman–Crippen LogP) is 4.63. The second-order valence-corrected chi connectivity index (χ2v) is 5.19. The molecule has 0 saturated carbocycles. The molecule has 0 radical (unpaired) electrons. The average molecular weight is 291 g/mol. The minimum Gasteiger partial charge on any atom is -0.384 e. The molecule has 1 N–H and O–H groups in total. The molecule has 0 aliphatic carbocycles. The molecule has 3 heteroatoms. The van der Waals surface area contributed by atoms with E-state index < -0.39 is 0 Å². The van der Waals surface area contributed by atoms with Crippen molar-refractivity contribution >= 4 is 17.6 Å². The van der Waals surface area contributed by atoms with Crippen LogP contribution < -0.4 is 5.32 Å². The van der Waals surface area contributed by atoms with E-state index in [2.05, 4.69) is 48.4 Å². The van der Waals surface area contributed by atoms with Crippen LogP contribution in [0.3, 0.4) is 0 Å². The zero-order chi connectivity index (χ0) is 15.8. The summed E-state index contributed by atoms with van der Waals surface area (Å²) in [4.78, 5) is 4.51. The van der Waals surface area contributed by atoms with Crippen molar-refractivity contribution in [3.8, 4) is 6.07 Å². The van der Waals surface area contributed by atoms with E-state index in [4.69, 9.17) is 5.26 Å². The first-order valence-corrected chi connectivity index (χ1v) is 7.57. The van der Waals surface area contributed by atoms with Gasteiger partial charge in [-0.15, -0.1) is 0 Å². The number of aryl methyl sites for hydroxylation is 2. The Morgan fingerprint density at radius 1 is 1.18 bits per heavy atom. The number of nitrogens with zero attached hydrogens (tertiary/aromatic N) is 2. The number of anilines is 1. The lowest BCUT2D eigenvalue weighted by Crippen LogP contribution is -2.02. The van der Waals surface area contributed by atoms with Crippen LogP contribution >= 0.6 is 0 Å². The Labute approximate surface area is 132 Å². The van der Waals surface area contributed by atoms with Crippen molar-refractivity contribution in [3.63, 3.8) is 0 Å². The molecule has 0 saturated heterocycles. The topological polar surface area (TPSA) is 48.2 Å². The van der Waals surface area contributed by atoms with Crippen molar-refractivity contribution < 1.29 is 0 Å². The largest absolute Gasteiger partial charge is 0.384 e. The number of benzene rings is 2. The monoisotopic (exact) mass is 291 g/mol. The normalized spacial score (nSPS) is 10.6. The summed E-state index contributed by atoms with van der Waals surface area (Å²) in [5.41, 5.74) is 5.58. The number of rotatable bonds is 6. The third-order valence-corrected chi connectivity index (χ3v) is 3.51. The van der Waals surface area contributed by atoms with E-state index in [0.717, 1.165) is 28.9 Å². The highest BCUT2D eigenvalue weighted by Crippen LogP contribution is 2.17. The van der Waals surface area contributed by atoms with Crippen LogP contribution in [-0.2, 0) is 6.42 Å². The van der Waals surface area contributed by atoms with Crippen LogP contribution in [0, 0.1) is 18.3 Å². The Hall–Kier alpha value is -2.60. The lowest BCUT2D eigenvalue weighted by atomic mass is 10.1. The molecule has 0 amide bonds. The van der Waals surface area contributed by atoms with Crippen molar-refractivity contribution in [3.05, 3.63) is 59.2 Å². The Bertz CT molecular complexity index is 679. The second-order valence-electron chi connectivity index (χ2n) is 5.19. The van der Waals surface area contributed by atoms with Crippen LogP contribution in [0.2, 0.25) is 0 Å². The fourth-order valence-corrected chi connectivity index (χ4v) is 2.19. The summed E-state index contributed by atoms with van der Waals surface area (Å²) in [5, 5.41) is 11.8. The van der Waals surface area contributed by atoms with E-state index >= 15 is 0 Å². The van der Waals surface area contributed by atoms with Crippen molar-refractivity contribution in [1.82, 2.24) is 0 Å². The third-order valence-electron chi connectivity index (χ3n) is 3.51. The number of nitriles is 1. The smallest absolute Gasteiger partial charge is 0.0640 e. The number of nitrogens with one attached hydrogen (secondary N) is 1. The van der Waals surface area contributed by atoms with Crippen LogP contribution in [0.4, 0.5) is 11.4 Å². The molecule has 0 atom stereocenters. The zero-order valence-electron chi connectivity index (χ0n) is 13.1. The molecule has 0 heterocycles. The van der Waals surface area contributed by atoms with Gasteiger partial charge in [-0.3, -0.25) is 4.99 Å². The van der Waals surface area contributed by atoms with Gasteiger partial charge < -0.3 is 5.32 Å².